The number of hydrogen-bond donors (Lipinski definition) is 0. The molecule has 0 bridgehead atoms. The van der Waals surface area contributed by atoms with E-state index in [0.29, 0.717) is 5.41 Å². The second-order valence-electron chi connectivity index (χ2n) is 3.62. The van der Waals surface area contributed by atoms with Crippen LogP contribution in [0.15, 0.2) is 30.3 Å². The maximum absolute atomic E-state index is 2.22. The fourth-order valence-corrected chi connectivity index (χ4v) is 0.938. The summed E-state index contributed by atoms with van der Waals surface area (Å²) in [6.45, 7) is 6.67. The van der Waals surface area contributed by atoms with E-state index in [0.717, 1.165) is 0 Å². The van der Waals surface area contributed by atoms with Crippen LogP contribution < -0.4 is 0 Å². The van der Waals surface area contributed by atoms with Crippen molar-refractivity contribution < 1.29 is 32.7 Å². The van der Waals surface area contributed by atoms with Crippen molar-refractivity contribution in [1.29, 1.82) is 0 Å². The van der Waals surface area contributed by atoms with Crippen LogP contribution in [-0.4, -0.2) is 0 Å². The third-order valence-corrected chi connectivity index (χ3v) is 1.64. The predicted molar refractivity (Wildman–Crippen MR) is 51.6 cm³/mol. The molecule has 0 saturated heterocycles. The van der Waals surface area contributed by atoms with Crippen molar-refractivity contribution >= 4 is 0 Å². The normalized spacial score (nSPS) is 9.58. The monoisotopic (exact) mass is 238 g/mol. The van der Waals surface area contributed by atoms with Crippen LogP contribution >= 0.6 is 0 Å². The Bertz CT molecular complexity index is 196. The van der Waals surface area contributed by atoms with Gasteiger partial charge in [-0.1, -0.05) is 51.1 Å². The molecule has 1 radical (unpaired) electrons. The molecule has 0 aliphatic rings. The van der Waals surface area contributed by atoms with Crippen molar-refractivity contribution in [3.05, 3.63) is 43.3 Å². The molecule has 0 spiro atoms. The molecule has 0 atom stereocenters. The zero-order chi connectivity index (χ0) is 7.61. The van der Waals surface area contributed by atoms with Crippen LogP contribution in [0.2, 0.25) is 0 Å². The fraction of sp³-hybridized carbons (Fsp3) is 0.364. The van der Waals surface area contributed by atoms with E-state index in [-0.39, 0.29) is 40.1 Å². The van der Waals surface area contributed by atoms with Gasteiger partial charge in [-0.25, -0.2) is 0 Å². The standard InChI is InChI=1S/C10H14.CH3.Y/c1-10(2,3)9-7-5-4-6-8-9;;/h4-8H,1-3H3;1H3;/q;-1;. The predicted octanol–water partition coefficient (Wildman–Crippen LogP) is 3.43. The third-order valence-electron chi connectivity index (χ3n) is 1.64. The van der Waals surface area contributed by atoms with E-state index in [1.54, 1.807) is 0 Å². The van der Waals surface area contributed by atoms with Crippen molar-refractivity contribution in [3.63, 3.8) is 0 Å². The van der Waals surface area contributed by atoms with E-state index in [2.05, 4.69) is 51.1 Å². The average Bonchev–Trinajstić information content (AvgIpc) is 1.88. The molecule has 0 unspecified atom stereocenters. The minimum atomic E-state index is 0. The minimum absolute atomic E-state index is 0. The Morgan fingerprint density at radius 2 is 1.33 bits per heavy atom. The molecule has 0 amide bonds. The second-order valence-corrected chi connectivity index (χ2v) is 3.62. The first kappa shape index (κ1) is 14.8. The summed E-state index contributed by atoms with van der Waals surface area (Å²) >= 11 is 0. The van der Waals surface area contributed by atoms with Gasteiger partial charge in [0, 0.05) is 32.7 Å². The molecule has 12 heavy (non-hydrogen) atoms. The summed E-state index contributed by atoms with van der Waals surface area (Å²) in [7, 11) is 0. The van der Waals surface area contributed by atoms with E-state index >= 15 is 0 Å². The van der Waals surface area contributed by atoms with Gasteiger partial charge in [-0.05, 0) is 11.0 Å². The topological polar surface area (TPSA) is 0 Å². The zero-order valence-corrected chi connectivity index (χ0v) is 11.3. The molecule has 1 heteroatoms. The molecule has 0 heterocycles. The summed E-state index contributed by atoms with van der Waals surface area (Å²) in [5.74, 6) is 0. The van der Waals surface area contributed by atoms with E-state index < -0.39 is 0 Å². The smallest absolute Gasteiger partial charge is 0 e. The van der Waals surface area contributed by atoms with Gasteiger partial charge >= 0.3 is 0 Å². The molecule has 0 aromatic heterocycles. The first-order chi connectivity index (χ1) is 4.61. The summed E-state index contributed by atoms with van der Waals surface area (Å²) < 4.78 is 0. The van der Waals surface area contributed by atoms with Crippen molar-refractivity contribution in [3.8, 4) is 0 Å². The van der Waals surface area contributed by atoms with Crippen molar-refractivity contribution in [2.24, 2.45) is 0 Å². The maximum atomic E-state index is 2.22. The van der Waals surface area contributed by atoms with Crippen LogP contribution in [0.25, 0.3) is 0 Å². The van der Waals surface area contributed by atoms with Gasteiger partial charge in [0.25, 0.3) is 0 Å². The van der Waals surface area contributed by atoms with Gasteiger partial charge < -0.3 is 7.43 Å². The Kier molecular flexibility index (Phi) is 7.27. The molecule has 0 fully saturated rings. The summed E-state index contributed by atoms with van der Waals surface area (Å²) in [6, 6.07) is 10.6. The van der Waals surface area contributed by atoms with Crippen molar-refractivity contribution in [2.45, 2.75) is 26.2 Å². The molecule has 1 aromatic rings. The summed E-state index contributed by atoms with van der Waals surface area (Å²) in [4.78, 5) is 0. The second kappa shape index (κ2) is 5.88. The molecular weight excluding hydrogens is 221 g/mol. The van der Waals surface area contributed by atoms with Gasteiger partial charge in [-0.15, -0.1) is 0 Å². The van der Waals surface area contributed by atoms with E-state index in [1.807, 2.05) is 0 Å². The van der Waals surface area contributed by atoms with Gasteiger partial charge in [-0.3, -0.25) is 0 Å². The van der Waals surface area contributed by atoms with Gasteiger partial charge in [0.2, 0.25) is 0 Å². The Morgan fingerprint density at radius 1 is 0.917 bits per heavy atom. The average molecular weight is 238 g/mol. The Morgan fingerprint density at radius 3 is 1.58 bits per heavy atom. The Labute approximate surface area is 102 Å². The summed E-state index contributed by atoms with van der Waals surface area (Å²) in [5.41, 5.74) is 1.69. The molecule has 65 valence electrons. The van der Waals surface area contributed by atoms with Crippen molar-refractivity contribution in [1.82, 2.24) is 0 Å². The Hall–Kier alpha value is 0.324. The maximum Gasteiger partial charge on any atom is 0 e. The quantitative estimate of drug-likeness (QED) is 0.607. The molecule has 0 N–H and O–H groups in total. The first-order valence-electron chi connectivity index (χ1n) is 3.66. The van der Waals surface area contributed by atoms with Crippen LogP contribution in [0.4, 0.5) is 0 Å². The molecular formula is C11H17Y-. The van der Waals surface area contributed by atoms with Crippen LogP contribution in [-0.2, 0) is 38.1 Å². The molecule has 0 nitrogen and oxygen atoms in total. The minimum Gasteiger partial charge on any atom is -0.358 e. The van der Waals surface area contributed by atoms with Crippen molar-refractivity contribution in [2.75, 3.05) is 0 Å². The summed E-state index contributed by atoms with van der Waals surface area (Å²) in [5, 5.41) is 0. The van der Waals surface area contributed by atoms with E-state index in [4.69, 9.17) is 0 Å². The third kappa shape index (κ3) is 4.37. The van der Waals surface area contributed by atoms with Gasteiger partial charge in [0.15, 0.2) is 0 Å². The molecule has 1 aromatic carbocycles. The molecule has 0 aliphatic heterocycles. The van der Waals surface area contributed by atoms with E-state index in [9.17, 15) is 0 Å². The van der Waals surface area contributed by atoms with Crippen LogP contribution in [0.3, 0.4) is 0 Å². The Balaban J connectivity index is 0. The molecule has 0 saturated carbocycles. The van der Waals surface area contributed by atoms with Crippen LogP contribution in [0.1, 0.15) is 26.3 Å². The zero-order valence-electron chi connectivity index (χ0n) is 8.46. The van der Waals surface area contributed by atoms with Gasteiger partial charge in [0.1, 0.15) is 0 Å². The first-order valence-corrected chi connectivity index (χ1v) is 3.66. The molecule has 0 aliphatic carbocycles. The van der Waals surface area contributed by atoms with Crippen LogP contribution in [0, 0.1) is 7.43 Å². The summed E-state index contributed by atoms with van der Waals surface area (Å²) in [6.07, 6.45) is 0. The fourth-order valence-electron chi connectivity index (χ4n) is 0.938. The SMILES string of the molecule is CC(C)(C)c1ccccc1.[CH3-].[Y]. The van der Waals surface area contributed by atoms with Gasteiger partial charge in [-0.2, -0.15) is 0 Å². The van der Waals surface area contributed by atoms with E-state index in [1.165, 1.54) is 5.56 Å². The largest absolute Gasteiger partial charge is 0.358 e. The van der Waals surface area contributed by atoms with Gasteiger partial charge in [0.05, 0.1) is 0 Å². The number of hydrogen-bond acceptors (Lipinski definition) is 0. The number of benzene rings is 1. The van der Waals surface area contributed by atoms with Crippen LogP contribution in [0.5, 0.6) is 0 Å². The number of rotatable bonds is 0. The molecule has 1 rings (SSSR count).